The molecule has 4 aliphatic rings. The Balaban J connectivity index is 0.953. The van der Waals surface area contributed by atoms with Gasteiger partial charge in [0.2, 0.25) is 0 Å². The predicted octanol–water partition coefficient (Wildman–Crippen LogP) is 16.1. The molecule has 0 saturated carbocycles. The number of benzene rings is 8. The third-order valence-corrected chi connectivity index (χ3v) is 14.8. The fourth-order valence-corrected chi connectivity index (χ4v) is 11.7. The molecule has 0 amide bonds. The summed E-state index contributed by atoms with van der Waals surface area (Å²) in [6, 6.07) is 65.1. The van der Waals surface area contributed by atoms with Gasteiger partial charge < -0.3 is 14.2 Å². The van der Waals surface area contributed by atoms with Crippen LogP contribution in [0.2, 0.25) is 0 Å². The monoisotopic (exact) mass is 810 g/mol. The number of furan rings is 1. The summed E-state index contributed by atoms with van der Waals surface area (Å²) in [5, 5.41) is 2.24. The van der Waals surface area contributed by atoms with Gasteiger partial charge in [0.05, 0.1) is 17.4 Å². The molecule has 9 aromatic rings. The summed E-state index contributed by atoms with van der Waals surface area (Å²) >= 11 is 0. The van der Waals surface area contributed by atoms with Crippen LogP contribution in [0.3, 0.4) is 0 Å². The number of fused-ring (bicyclic) bond motifs is 12. The van der Waals surface area contributed by atoms with E-state index in [0.29, 0.717) is 0 Å². The normalized spacial score (nSPS) is 17.1. The van der Waals surface area contributed by atoms with Crippen LogP contribution < -0.4 is 9.80 Å². The van der Waals surface area contributed by atoms with Crippen LogP contribution in [0, 0.1) is 0 Å². The van der Waals surface area contributed by atoms with E-state index >= 15 is 0 Å². The maximum atomic E-state index is 6.76. The SMILES string of the molecule is CC1(C)c2ccccc2-c2cc3c(cc21)N(c1ccccc1)C1CC=C(c2ccc(N(c4cccc5c4-c4ccccc4C5(C)C)c4cccc5c4oc4ccccc45)cc2)C=C31. The van der Waals surface area contributed by atoms with E-state index in [1.807, 2.05) is 0 Å². The minimum absolute atomic E-state index is 0.0696. The van der Waals surface area contributed by atoms with E-state index in [1.54, 1.807) is 0 Å². The van der Waals surface area contributed by atoms with E-state index in [1.165, 1.54) is 78.2 Å². The van der Waals surface area contributed by atoms with Gasteiger partial charge in [0.15, 0.2) is 5.58 Å². The van der Waals surface area contributed by atoms with Crippen LogP contribution in [0.1, 0.15) is 67.5 Å². The van der Waals surface area contributed by atoms with Crippen molar-refractivity contribution in [3.63, 3.8) is 0 Å². The summed E-state index contributed by atoms with van der Waals surface area (Å²) < 4.78 is 6.76. The topological polar surface area (TPSA) is 19.6 Å². The number of rotatable bonds is 5. The van der Waals surface area contributed by atoms with Crippen molar-refractivity contribution in [2.24, 2.45) is 0 Å². The molecule has 8 aromatic carbocycles. The average molecular weight is 811 g/mol. The molecule has 302 valence electrons. The molecule has 1 atom stereocenters. The molecule has 0 fully saturated rings. The Morgan fingerprint density at radius 3 is 2.02 bits per heavy atom. The Hall–Kier alpha value is -7.36. The highest BCUT2D eigenvalue weighted by Crippen LogP contribution is 2.57. The molecule has 3 heteroatoms. The van der Waals surface area contributed by atoms with Crippen molar-refractivity contribution < 1.29 is 4.42 Å². The van der Waals surface area contributed by atoms with Gasteiger partial charge in [-0.05, 0) is 123 Å². The molecule has 0 N–H and O–H groups in total. The zero-order valence-corrected chi connectivity index (χ0v) is 36.0. The van der Waals surface area contributed by atoms with Gasteiger partial charge in [-0.2, -0.15) is 0 Å². The number of allylic oxidation sites excluding steroid dienone is 2. The lowest BCUT2D eigenvalue weighted by atomic mass is 9.82. The highest BCUT2D eigenvalue weighted by Gasteiger charge is 2.42. The van der Waals surface area contributed by atoms with Crippen LogP contribution in [0.25, 0.3) is 55.3 Å². The van der Waals surface area contributed by atoms with Crippen molar-refractivity contribution in [1.82, 2.24) is 0 Å². The van der Waals surface area contributed by atoms with Crippen LogP contribution in [-0.2, 0) is 10.8 Å². The zero-order valence-electron chi connectivity index (χ0n) is 36.0. The maximum absolute atomic E-state index is 6.76. The summed E-state index contributed by atoms with van der Waals surface area (Å²) in [5.74, 6) is 0. The summed E-state index contributed by atoms with van der Waals surface area (Å²) in [6.45, 7) is 9.47. The van der Waals surface area contributed by atoms with Gasteiger partial charge in [-0.3, -0.25) is 0 Å². The Bertz CT molecular complexity index is 3440. The van der Waals surface area contributed by atoms with Gasteiger partial charge in [0, 0.05) is 49.8 Å². The van der Waals surface area contributed by atoms with Crippen molar-refractivity contribution in [3.8, 4) is 22.3 Å². The zero-order chi connectivity index (χ0) is 42.2. The first-order valence-corrected chi connectivity index (χ1v) is 22.4. The summed E-state index contributed by atoms with van der Waals surface area (Å²) in [4.78, 5) is 5.02. The Morgan fingerprint density at radius 2 is 1.19 bits per heavy atom. The lowest BCUT2D eigenvalue weighted by Crippen LogP contribution is -2.27. The first-order valence-electron chi connectivity index (χ1n) is 22.4. The molecule has 2 heterocycles. The quantitative estimate of drug-likeness (QED) is 0.173. The van der Waals surface area contributed by atoms with Gasteiger partial charge >= 0.3 is 0 Å². The first-order chi connectivity index (χ1) is 30.8. The highest BCUT2D eigenvalue weighted by atomic mass is 16.3. The smallest absolute Gasteiger partial charge is 0.159 e. The van der Waals surface area contributed by atoms with E-state index < -0.39 is 0 Å². The summed E-state index contributed by atoms with van der Waals surface area (Å²) in [6.07, 6.45) is 5.84. The highest BCUT2D eigenvalue weighted by molar-refractivity contribution is 6.11. The molecule has 0 saturated heterocycles. The molecule has 3 nitrogen and oxygen atoms in total. The maximum Gasteiger partial charge on any atom is 0.159 e. The lowest BCUT2D eigenvalue weighted by Gasteiger charge is -2.30. The van der Waals surface area contributed by atoms with Crippen molar-refractivity contribution in [1.29, 1.82) is 0 Å². The van der Waals surface area contributed by atoms with Crippen LogP contribution in [0.15, 0.2) is 192 Å². The molecule has 13 rings (SSSR count). The molecule has 3 aliphatic carbocycles. The second kappa shape index (κ2) is 13.1. The largest absolute Gasteiger partial charge is 0.454 e. The van der Waals surface area contributed by atoms with E-state index in [9.17, 15) is 0 Å². The summed E-state index contributed by atoms with van der Waals surface area (Å²) in [7, 11) is 0. The fraction of sp³-hybridized carbons (Fsp3) is 0.133. The Labute approximate surface area is 368 Å². The van der Waals surface area contributed by atoms with Crippen LogP contribution in [0.5, 0.6) is 0 Å². The lowest BCUT2D eigenvalue weighted by molar-refractivity contribution is 0.660. The Morgan fingerprint density at radius 1 is 0.540 bits per heavy atom. The molecular weight excluding hydrogens is 765 g/mol. The van der Waals surface area contributed by atoms with Gasteiger partial charge in [0.1, 0.15) is 5.58 Å². The van der Waals surface area contributed by atoms with Gasteiger partial charge in [-0.15, -0.1) is 0 Å². The van der Waals surface area contributed by atoms with Gasteiger partial charge in [-0.25, -0.2) is 0 Å². The van der Waals surface area contributed by atoms with E-state index in [0.717, 1.165) is 45.4 Å². The molecule has 63 heavy (non-hydrogen) atoms. The molecular formula is C60H46N2O. The van der Waals surface area contributed by atoms with Gasteiger partial charge in [-0.1, -0.05) is 155 Å². The van der Waals surface area contributed by atoms with Crippen LogP contribution in [0.4, 0.5) is 28.4 Å². The number of nitrogens with zero attached hydrogens (tertiary/aromatic N) is 2. The third kappa shape index (κ3) is 5.08. The second-order valence-electron chi connectivity index (χ2n) is 18.8. The summed E-state index contributed by atoms with van der Waals surface area (Å²) in [5.41, 5.74) is 23.4. The van der Waals surface area contributed by atoms with Crippen molar-refractivity contribution >= 4 is 61.5 Å². The first kappa shape index (κ1) is 36.3. The average Bonchev–Trinajstić information content (AvgIpc) is 4.00. The van der Waals surface area contributed by atoms with E-state index in [4.69, 9.17) is 4.42 Å². The Kier molecular flexibility index (Phi) is 7.54. The number of anilines is 5. The second-order valence-corrected chi connectivity index (χ2v) is 18.8. The molecule has 1 aromatic heterocycles. The molecule has 1 aliphatic heterocycles. The number of hydrogen-bond donors (Lipinski definition) is 0. The molecule has 0 spiro atoms. The van der Waals surface area contributed by atoms with Crippen molar-refractivity contribution in [2.45, 2.75) is 51.0 Å². The fourth-order valence-electron chi connectivity index (χ4n) is 11.7. The van der Waals surface area contributed by atoms with Crippen LogP contribution >= 0.6 is 0 Å². The minimum atomic E-state index is -0.129. The predicted molar refractivity (Wildman–Crippen MR) is 263 cm³/mol. The van der Waals surface area contributed by atoms with Crippen molar-refractivity contribution in [3.05, 3.63) is 221 Å². The van der Waals surface area contributed by atoms with Crippen molar-refractivity contribution in [2.75, 3.05) is 9.80 Å². The standard InChI is InChI=1S/C60H46N2O/c1-59(2)49-23-12-9-20-44(49)57-50(59)24-15-25-53(57)62(54-26-14-21-43-42-19-10-13-27-56(42)63-58(43)54)40-31-28-37(29-32-40)38-30-33-52-46(34-38)47-35-45-41-18-8-11-22-48(41)60(3,4)51(45)36-55(47)61(52)39-16-6-5-7-17-39/h5-32,34-36,52H,33H2,1-4H3. The third-order valence-electron chi connectivity index (χ3n) is 14.8. The number of para-hydroxylation sites is 3. The van der Waals surface area contributed by atoms with Crippen LogP contribution in [-0.4, -0.2) is 6.04 Å². The molecule has 0 radical (unpaired) electrons. The van der Waals surface area contributed by atoms with Gasteiger partial charge in [0.25, 0.3) is 0 Å². The minimum Gasteiger partial charge on any atom is -0.454 e. The number of hydrogen-bond acceptors (Lipinski definition) is 3. The van der Waals surface area contributed by atoms with E-state index in [2.05, 4.69) is 226 Å². The molecule has 0 bridgehead atoms. The van der Waals surface area contributed by atoms with E-state index in [-0.39, 0.29) is 16.9 Å². The molecule has 1 unspecified atom stereocenters.